The number of hydrogen-bond acceptors (Lipinski definition) is 3. The van der Waals surface area contributed by atoms with E-state index in [1.165, 1.54) is 11.1 Å². The van der Waals surface area contributed by atoms with Gasteiger partial charge in [0.15, 0.2) is 0 Å². The molecule has 0 fully saturated rings. The molecule has 0 atom stereocenters. The quantitative estimate of drug-likeness (QED) is 0.697. The molecule has 0 radical (unpaired) electrons. The van der Waals surface area contributed by atoms with Gasteiger partial charge in [-0.15, -0.1) is 0 Å². The van der Waals surface area contributed by atoms with Gasteiger partial charge in [-0.3, -0.25) is 4.79 Å². The Morgan fingerprint density at radius 2 is 1.93 bits per heavy atom. The minimum Gasteiger partial charge on any atom is -0.492 e. The lowest BCUT2D eigenvalue weighted by atomic mass is 9.93. The Morgan fingerprint density at radius 1 is 1.14 bits per heavy atom. The average Bonchev–Trinajstić information content (AvgIpc) is 3.23. The topological polar surface area (TPSA) is 47.4 Å². The molecule has 4 rings (SSSR count). The van der Waals surface area contributed by atoms with Gasteiger partial charge in [0.05, 0.1) is 17.9 Å². The molecule has 0 bridgehead atoms. The van der Waals surface area contributed by atoms with E-state index in [1.807, 2.05) is 37.0 Å². The van der Waals surface area contributed by atoms with Crippen molar-refractivity contribution in [1.29, 1.82) is 0 Å². The third-order valence-corrected chi connectivity index (χ3v) is 5.51. The Kier molecular flexibility index (Phi) is 4.90. The van der Waals surface area contributed by atoms with Crippen LogP contribution in [0.2, 0.25) is 0 Å². The molecule has 0 N–H and O–H groups in total. The summed E-state index contributed by atoms with van der Waals surface area (Å²) in [6, 6.07) is 12.3. The Labute approximate surface area is 165 Å². The number of hydrogen-bond donors (Lipinski definition) is 0. The molecule has 0 aliphatic carbocycles. The first kappa shape index (κ1) is 18.3. The van der Waals surface area contributed by atoms with Gasteiger partial charge in [-0.05, 0) is 73.2 Å². The maximum absolute atomic E-state index is 12.9. The molecule has 2 aromatic carbocycles. The van der Waals surface area contributed by atoms with Crippen LogP contribution >= 0.6 is 0 Å². The lowest BCUT2D eigenvalue weighted by molar-refractivity contribution is 0.0768. The fourth-order valence-electron chi connectivity index (χ4n) is 3.68. The van der Waals surface area contributed by atoms with Crippen molar-refractivity contribution in [3.8, 4) is 11.4 Å². The zero-order chi connectivity index (χ0) is 19.7. The Bertz CT molecular complexity index is 992. The van der Waals surface area contributed by atoms with Crippen molar-refractivity contribution >= 4 is 5.91 Å². The molecular weight excluding hydrogens is 350 g/mol. The molecule has 0 spiro atoms. The van der Waals surface area contributed by atoms with Gasteiger partial charge in [0.25, 0.3) is 5.91 Å². The maximum atomic E-state index is 12.9. The second kappa shape index (κ2) is 7.50. The minimum absolute atomic E-state index is 0.0353. The second-order valence-corrected chi connectivity index (χ2v) is 7.38. The van der Waals surface area contributed by atoms with Gasteiger partial charge in [-0.25, -0.2) is 4.68 Å². The van der Waals surface area contributed by atoms with Crippen molar-refractivity contribution in [2.45, 2.75) is 26.7 Å². The fourth-order valence-corrected chi connectivity index (χ4v) is 3.68. The summed E-state index contributed by atoms with van der Waals surface area (Å²) in [6.07, 6.45) is 5.33. The van der Waals surface area contributed by atoms with E-state index in [4.69, 9.17) is 4.74 Å². The van der Waals surface area contributed by atoms with E-state index in [0.717, 1.165) is 42.0 Å². The van der Waals surface area contributed by atoms with E-state index < -0.39 is 0 Å². The number of benzene rings is 2. The number of carbonyl (C=O) groups is 1. The van der Waals surface area contributed by atoms with Crippen LogP contribution in [0, 0.1) is 13.8 Å². The number of nitrogens with zero attached hydrogens (tertiary/aromatic N) is 3. The lowest BCUT2D eigenvalue weighted by Gasteiger charge is -2.25. The number of ether oxygens (including phenoxy) is 1. The van der Waals surface area contributed by atoms with Gasteiger partial charge in [0, 0.05) is 26.0 Å². The maximum Gasteiger partial charge on any atom is 0.257 e. The highest BCUT2D eigenvalue weighted by molar-refractivity contribution is 5.97. The Morgan fingerprint density at radius 3 is 2.64 bits per heavy atom. The lowest BCUT2D eigenvalue weighted by Crippen LogP contribution is -2.31. The predicted molar refractivity (Wildman–Crippen MR) is 109 cm³/mol. The average molecular weight is 375 g/mol. The smallest absolute Gasteiger partial charge is 0.257 e. The molecule has 1 aliphatic heterocycles. The van der Waals surface area contributed by atoms with Crippen molar-refractivity contribution in [2.24, 2.45) is 0 Å². The summed E-state index contributed by atoms with van der Waals surface area (Å²) < 4.78 is 7.81. The van der Waals surface area contributed by atoms with Gasteiger partial charge in [-0.2, -0.15) is 5.10 Å². The van der Waals surface area contributed by atoms with Crippen molar-refractivity contribution in [3.63, 3.8) is 0 Å². The van der Waals surface area contributed by atoms with E-state index in [1.54, 1.807) is 11.1 Å². The highest BCUT2D eigenvalue weighted by Gasteiger charge is 2.23. The normalized spacial score (nSPS) is 14.2. The van der Waals surface area contributed by atoms with Crippen LogP contribution in [-0.4, -0.2) is 40.8 Å². The highest BCUT2D eigenvalue weighted by atomic mass is 16.5. The van der Waals surface area contributed by atoms with Crippen LogP contribution in [0.25, 0.3) is 5.69 Å². The number of fused-ring (bicyclic) bond motifs is 1. The van der Waals surface area contributed by atoms with Crippen molar-refractivity contribution in [1.82, 2.24) is 14.7 Å². The van der Waals surface area contributed by atoms with Gasteiger partial charge < -0.3 is 9.64 Å². The van der Waals surface area contributed by atoms with Crippen LogP contribution in [0.1, 0.15) is 39.0 Å². The van der Waals surface area contributed by atoms with Crippen LogP contribution in [0.15, 0.2) is 48.8 Å². The summed E-state index contributed by atoms with van der Waals surface area (Å²) >= 11 is 0. The Balaban J connectivity index is 1.67. The molecule has 0 saturated carbocycles. The SMILES string of the molecule is Cc1c(Cc2ccc(-n3cccn3)cc2)cc2c(c1C)OCCCN(C)C2=O. The monoisotopic (exact) mass is 375 g/mol. The zero-order valence-corrected chi connectivity index (χ0v) is 16.6. The van der Waals surface area contributed by atoms with Crippen LogP contribution in [0.3, 0.4) is 0 Å². The fraction of sp³-hybridized carbons (Fsp3) is 0.304. The number of amides is 1. The van der Waals surface area contributed by atoms with E-state index in [9.17, 15) is 4.79 Å². The molecule has 5 nitrogen and oxygen atoms in total. The van der Waals surface area contributed by atoms with Gasteiger partial charge in [-0.1, -0.05) is 12.1 Å². The third-order valence-electron chi connectivity index (χ3n) is 5.51. The molecule has 1 aliphatic rings. The molecule has 1 amide bonds. The van der Waals surface area contributed by atoms with Crippen molar-refractivity contribution in [2.75, 3.05) is 20.2 Å². The predicted octanol–water partition coefficient (Wildman–Crippen LogP) is 3.93. The van der Waals surface area contributed by atoms with E-state index in [-0.39, 0.29) is 5.91 Å². The molecular formula is C23H25N3O2. The van der Waals surface area contributed by atoms with E-state index in [2.05, 4.69) is 36.3 Å². The summed E-state index contributed by atoms with van der Waals surface area (Å²) in [7, 11) is 1.86. The first-order chi connectivity index (χ1) is 13.5. The largest absolute Gasteiger partial charge is 0.492 e. The molecule has 5 heteroatoms. The molecule has 0 saturated heterocycles. The number of carbonyl (C=O) groups excluding carboxylic acids is 1. The zero-order valence-electron chi connectivity index (χ0n) is 16.6. The summed E-state index contributed by atoms with van der Waals surface area (Å²) in [5.74, 6) is 0.778. The summed E-state index contributed by atoms with van der Waals surface area (Å²) in [5.41, 5.74) is 6.31. The van der Waals surface area contributed by atoms with Crippen molar-refractivity contribution in [3.05, 3.63) is 76.6 Å². The molecule has 0 unspecified atom stereocenters. The van der Waals surface area contributed by atoms with Crippen LogP contribution in [-0.2, 0) is 6.42 Å². The summed E-state index contributed by atoms with van der Waals surface area (Å²) in [6.45, 7) is 5.52. The van der Waals surface area contributed by atoms with Crippen LogP contribution in [0.5, 0.6) is 5.75 Å². The second-order valence-electron chi connectivity index (χ2n) is 7.38. The van der Waals surface area contributed by atoms with Crippen LogP contribution < -0.4 is 4.74 Å². The highest BCUT2D eigenvalue weighted by Crippen LogP contribution is 2.32. The van der Waals surface area contributed by atoms with E-state index >= 15 is 0 Å². The third kappa shape index (κ3) is 3.40. The number of aromatic nitrogens is 2. The minimum atomic E-state index is 0.0353. The molecule has 2 heterocycles. The van der Waals surface area contributed by atoms with Gasteiger partial charge >= 0.3 is 0 Å². The summed E-state index contributed by atoms with van der Waals surface area (Å²) in [4.78, 5) is 14.7. The first-order valence-corrected chi connectivity index (χ1v) is 9.65. The van der Waals surface area contributed by atoms with Gasteiger partial charge in [0.1, 0.15) is 5.75 Å². The molecule has 1 aromatic heterocycles. The Hall–Kier alpha value is -3.08. The first-order valence-electron chi connectivity index (χ1n) is 9.65. The van der Waals surface area contributed by atoms with Crippen LogP contribution in [0.4, 0.5) is 0 Å². The molecule has 28 heavy (non-hydrogen) atoms. The van der Waals surface area contributed by atoms with Crippen molar-refractivity contribution < 1.29 is 9.53 Å². The molecule has 3 aromatic rings. The standard InChI is InChI=1S/C23H25N3O2/c1-16-17(2)22-21(23(27)25(3)11-5-13-28-22)15-19(16)14-18-6-8-20(9-7-18)26-12-4-10-24-26/h4,6-10,12,15H,5,11,13-14H2,1-3H3. The number of rotatable bonds is 3. The molecule has 144 valence electrons. The summed E-state index contributed by atoms with van der Waals surface area (Å²) in [5, 5.41) is 4.27. The van der Waals surface area contributed by atoms with E-state index in [0.29, 0.717) is 12.2 Å². The van der Waals surface area contributed by atoms with Gasteiger partial charge in [0.2, 0.25) is 0 Å².